The molecule has 0 saturated carbocycles. The predicted molar refractivity (Wildman–Crippen MR) is 408 cm³/mol. The van der Waals surface area contributed by atoms with Gasteiger partial charge in [-0.2, -0.15) is 0 Å². The number of phosphoric acid groups is 2. The molecule has 0 aromatic rings. The van der Waals surface area contributed by atoms with Crippen molar-refractivity contribution < 1.29 is 80.2 Å². The van der Waals surface area contributed by atoms with Gasteiger partial charge in [-0.1, -0.05) is 284 Å². The van der Waals surface area contributed by atoms with Crippen LogP contribution in [0.2, 0.25) is 0 Å². The molecule has 100 heavy (non-hydrogen) atoms. The van der Waals surface area contributed by atoms with Crippen molar-refractivity contribution in [3.05, 3.63) is 122 Å². The minimum absolute atomic E-state index is 0.0109. The van der Waals surface area contributed by atoms with Crippen LogP contribution in [-0.4, -0.2) is 96.7 Å². The quantitative estimate of drug-likeness (QED) is 0.0169. The van der Waals surface area contributed by atoms with Crippen LogP contribution in [0.1, 0.15) is 310 Å². The molecule has 0 fully saturated rings. The fraction of sp³-hybridized carbons (Fsp3) is 0.704. The fourth-order valence-electron chi connectivity index (χ4n) is 10.1. The molecule has 0 amide bonds. The molecule has 0 heterocycles. The van der Waals surface area contributed by atoms with E-state index in [0.717, 1.165) is 154 Å². The Hall–Kier alpha value is -4.54. The summed E-state index contributed by atoms with van der Waals surface area (Å²) >= 11 is 0. The molecule has 5 atom stereocenters. The molecule has 0 rings (SSSR count). The lowest BCUT2D eigenvalue weighted by atomic mass is 10.0. The van der Waals surface area contributed by atoms with Gasteiger partial charge in [-0.3, -0.25) is 37.3 Å². The van der Waals surface area contributed by atoms with Gasteiger partial charge in [0.1, 0.15) is 19.3 Å². The van der Waals surface area contributed by atoms with Crippen molar-refractivity contribution in [2.24, 2.45) is 0 Å². The van der Waals surface area contributed by atoms with E-state index in [9.17, 15) is 43.2 Å². The number of aliphatic hydroxyl groups excluding tert-OH is 1. The van der Waals surface area contributed by atoms with Gasteiger partial charge >= 0.3 is 39.5 Å². The zero-order valence-corrected chi connectivity index (χ0v) is 64.4. The summed E-state index contributed by atoms with van der Waals surface area (Å²) in [5, 5.41) is 10.6. The summed E-state index contributed by atoms with van der Waals surface area (Å²) in [6.45, 7) is 4.53. The lowest BCUT2D eigenvalue weighted by molar-refractivity contribution is -0.161. The van der Waals surface area contributed by atoms with E-state index in [0.29, 0.717) is 32.1 Å². The molecule has 574 valence electrons. The molecule has 5 unspecified atom stereocenters. The number of allylic oxidation sites excluding steroid dienone is 20. The number of unbranched alkanes of at least 4 members (excludes halogenated alkanes) is 26. The number of aliphatic hydroxyl groups is 1. The fourth-order valence-corrected chi connectivity index (χ4v) is 11.6. The maximum atomic E-state index is 13.1. The molecular weight excluding hydrogens is 1310 g/mol. The van der Waals surface area contributed by atoms with Gasteiger partial charge in [-0.05, 0) is 122 Å². The van der Waals surface area contributed by atoms with E-state index < -0.39 is 97.5 Å². The van der Waals surface area contributed by atoms with Crippen LogP contribution in [0.25, 0.3) is 0 Å². The monoisotopic (exact) mass is 1440 g/mol. The minimum Gasteiger partial charge on any atom is -0.462 e. The molecule has 0 spiro atoms. The topological polar surface area (TPSA) is 237 Å². The lowest BCUT2D eigenvalue weighted by Gasteiger charge is -2.21. The van der Waals surface area contributed by atoms with Gasteiger partial charge in [0.2, 0.25) is 0 Å². The summed E-state index contributed by atoms with van der Waals surface area (Å²) in [6, 6.07) is 0. The third-order valence-electron chi connectivity index (χ3n) is 15.9. The average Bonchev–Trinajstić information content (AvgIpc) is 1.05. The number of hydrogen-bond acceptors (Lipinski definition) is 15. The van der Waals surface area contributed by atoms with Crippen LogP contribution in [0.5, 0.6) is 0 Å². The third kappa shape index (κ3) is 71.8. The van der Waals surface area contributed by atoms with Crippen molar-refractivity contribution in [1.82, 2.24) is 0 Å². The minimum atomic E-state index is -5.00. The maximum Gasteiger partial charge on any atom is 0.472 e. The van der Waals surface area contributed by atoms with Gasteiger partial charge in [0, 0.05) is 25.7 Å². The zero-order chi connectivity index (χ0) is 73.2. The summed E-state index contributed by atoms with van der Waals surface area (Å²) in [5.74, 6) is -2.26. The number of esters is 4. The summed E-state index contributed by atoms with van der Waals surface area (Å²) in [5.41, 5.74) is 0. The maximum absolute atomic E-state index is 13.1. The normalized spacial score (nSPS) is 14.6. The Kier molecular flexibility index (Phi) is 69.5. The first-order valence-corrected chi connectivity index (χ1v) is 41.8. The van der Waals surface area contributed by atoms with Gasteiger partial charge < -0.3 is 33.8 Å². The van der Waals surface area contributed by atoms with Crippen LogP contribution in [0.3, 0.4) is 0 Å². The van der Waals surface area contributed by atoms with E-state index in [1.165, 1.54) is 70.6 Å². The van der Waals surface area contributed by atoms with Gasteiger partial charge in [-0.15, -0.1) is 0 Å². The zero-order valence-electron chi connectivity index (χ0n) is 62.6. The molecule has 17 nitrogen and oxygen atoms in total. The molecule has 0 aromatic carbocycles. The number of ether oxygens (including phenoxy) is 4. The number of carbonyl (C=O) groups excluding carboxylic acids is 4. The van der Waals surface area contributed by atoms with Gasteiger partial charge in [-0.25, -0.2) is 9.13 Å². The summed E-state index contributed by atoms with van der Waals surface area (Å²) < 4.78 is 68.4. The van der Waals surface area contributed by atoms with E-state index in [4.69, 9.17) is 37.0 Å². The summed E-state index contributed by atoms with van der Waals surface area (Å²) in [4.78, 5) is 72.8. The van der Waals surface area contributed by atoms with Crippen molar-refractivity contribution in [2.75, 3.05) is 39.6 Å². The SMILES string of the molecule is CC/C=C\C/C=C\C/C=C\C/C=C\C/C=C\CCCC(=O)OC(COC(=O)CCCCCCCC/C=C\C/C=C\C/C=C\C/C=C\CC)COP(=O)(O)OCC(O)COP(=O)(O)OCC(COC(=O)CCCCCCCCCCCCCCC)OC(=O)CCCCCCC/C=C\CCCC. The molecule has 0 radical (unpaired) electrons. The van der Waals surface area contributed by atoms with E-state index in [2.05, 4.69) is 137 Å². The van der Waals surface area contributed by atoms with Crippen LogP contribution in [0.15, 0.2) is 122 Å². The number of rotatable bonds is 72. The molecule has 0 aliphatic rings. The number of hydrogen-bond donors (Lipinski definition) is 3. The van der Waals surface area contributed by atoms with Crippen molar-refractivity contribution >= 4 is 39.5 Å². The van der Waals surface area contributed by atoms with E-state index >= 15 is 0 Å². The highest BCUT2D eigenvalue weighted by atomic mass is 31.2. The molecule has 0 saturated heterocycles. The summed E-state index contributed by atoms with van der Waals surface area (Å²) in [6.07, 6.45) is 79.1. The Balaban J connectivity index is 5.39. The van der Waals surface area contributed by atoms with Gasteiger partial charge in [0.05, 0.1) is 26.4 Å². The molecule has 0 bridgehead atoms. The van der Waals surface area contributed by atoms with E-state index in [1.54, 1.807) is 0 Å². The first-order valence-electron chi connectivity index (χ1n) is 38.8. The van der Waals surface area contributed by atoms with Crippen molar-refractivity contribution in [1.29, 1.82) is 0 Å². The van der Waals surface area contributed by atoms with Gasteiger partial charge in [0.25, 0.3) is 0 Å². The lowest BCUT2D eigenvalue weighted by Crippen LogP contribution is -2.30. The van der Waals surface area contributed by atoms with Gasteiger partial charge in [0.15, 0.2) is 12.2 Å². The van der Waals surface area contributed by atoms with Crippen molar-refractivity contribution in [3.8, 4) is 0 Å². The number of phosphoric ester groups is 2. The molecule has 0 aliphatic carbocycles. The second-order valence-electron chi connectivity index (χ2n) is 25.5. The van der Waals surface area contributed by atoms with Crippen LogP contribution in [0.4, 0.5) is 0 Å². The van der Waals surface area contributed by atoms with Crippen LogP contribution >= 0.6 is 15.6 Å². The van der Waals surface area contributed by atoms with Crippen molar-refractivity contribution in [3.63, 3.8) is 0 Å². The highest BCUT2D eigenvalue weighted by molar-refractivity contribution is 7.47. The highest BCUT2D eigenvalue weighted by Gasteiger charge is 2.30. The van der Waals surface area contributed by atoms with E-state index in [-0.39, 0.29) is 25.7 Å². The average molecular weight is 1450 g/mol. The van der Waals surface area contributed by atoms with Crippen molar-refractivity contribution in [2.45, 2.75) is 329 Å². The Morgan fingerprint density at radius 3 is 0.880 bits per heavy atom. The Morgan fingerprint density at radius 1 is 0.290 bits per heavy atom. The largest absolute Gasteiger partial charge is 0.472 e. The number of carbonyl (C=O) groups is 4. The second kappa shape index (κ2) is 72.8. The Labute approximate surface area is 606 Å². The smallest absolute Gasteiger partial charge is 0.462 e. The van der Waals surface area contributed by atoms with E-state index in [1.807, 2.05) is 12.2 Å². The molecule has 0 aromatic heterocycles. The highest BCUT2D eigenvalue weighted by Crippen LogP contribution is 2.45. The second-order valence-corrected chi connectivity index (χ2v) is 28.4. The molecule has 3 N–H and O–H groups in total. The Bertz CT molecular complexity index is 2370. The predicted octanol–water partition coefficient (Wildman–Crippen LogP) is 22.3. The summed E-state index contributed by atoms with van der Waals surface area (Å²) in [7, 11) is -9.97. The standard InChI is InChI=1S/C81H138O17P2/c1-5-9-13-17-21-25-29-32-34-36-37-39-40-43-47-50-54-58-62-66-79(84)92-72-77(98-81(86)68-64-60-56-52-48-44-41-38-35-33-30-26-22-18-14-10-6-2)74-96-100(89,90)94-70-75(82)69-93-99(87,88)95-73-76(97-80(85)67-63-59-55-51-45-28-24-20-16-12-8-4)71-91-78(83)65-61-57-53-49-46-42-31-27-23-19-15-11-7-3/h9-10,13-14,20-22,24-26,32-35,37,39,41,44,52,56,75-77,82H,5-8,11-12,15-19,23,27-31,36,38,40,42-43,45-51,53-55,57-74H2,1-4H3,(H,87,88)(H,89,90)/b13-9-,14-10-,24-20-,25-21-,26-22-,34-32-,35-33-,39-37-,44-41-,56-52-. The molecular formula is C81H138O17P2. The van der Waals surface area contributed by atoms with Crippen LogP contribution in [-0.2, 0) is 65.4 Å². The first-order chi connectivity index (χ1) is 48.7. The van der Waals surface area contributed by atoms with Crippen LogP contribution in [0, 0.1) is 0 Å². The molecule has 0 aliphatic heterocycles. The molecule has 19 heteroatoms. The Morgan fingerprint density at radius 2 is 0.540 bits per heavy atom. The first kappa shape index (κ1) is 95.5. The third-order valence-corrected chi connectivity index (χ3v) is 17.8. The van der Waals surface area contributed by atoms with Crippen LogP contribution < -0.4 is 0 Å².